The van der Waals surface area contributed by atoms with Crippen molar-refractivity contribution in [1.82, 2.24) is 9.62 Å². The van der Waals surface area contributed by atoms with Crippen molar-refractivity contribution in [3.63, 3.8) is 0 Å². The van der Waals surface area contributed by atoms with Crippen LogP contribution in [0.4, 0.5) is 0 Å². The summed E-state index contributed by atoms with van der Waals surface area (Å²) in [6.07, 6.45) is 5.15. The summed E-state index contributed by atoms with van der Waals surface area (Å²) in [5.74, 6) is 0.808. The van der Waals surface area contributed by atoms with Gasteiger partial charge in [-0.05, 0) is 50.2 Å². The number of hydrogen-bond donors (Lipinski definition) is 1. The Balaban J connectivity index is 1.74. The molecule has 2 aromatic rings. The maximum Gasteiger partial charge on any atom is 0.240 e. The van der Waals surface area contributed by atoms with Crippen molar-refractivity contribution in [2.24, 2.45) is 0 Å². The highest BCUT2D eigenvalue weighted by Crippen LogP contribution is 2.25. The zero-order valence-electron chi connectivity index (χ0n) is 13.0. The number of sulfonamides is 1. The third-order valence-corrected chi connectivity index (χ3v) is 5.66. The van der Waals surface area contributed by atoms with Crippen molar-refractivity contribution in [3.8, 4) is 0 Å². The minimum atomic E-state index is -3.50. The second-order valence-electron chi connectivity index (χ2n) is 5.79. The van der Waals surface area contributed by atoms with E-state index < -0.39 is 10.0 Å². The first-order valence-electron chi connectivity index (χ1n) is 7.99. The molecule has 124 valence electrons. The number of piperidine rings is 1. The standard InChI is InChI=1S/C17H22N2O3S/c20-23(21,15-8-3-1-4-9-15)18-14-16(17-10-7-13-22-17)19-11-5-2-6-12-19/h1,3-4,7-10,13,16,18H,2,5-6,11-12,14H2/t16-/m1/s1. The first kappa shape index (κ1) is 16.2. The quantitative estimate of drug-likeness (QED) is 0.882. The van der Waals surface area contributed by atoms with Gasteiger partial charge in [0.15, 0.2) is 0 Å². The Kier molecular flexibility index (Phi) is 5.15. The average Bonchev–Trinajstić information content (AvgIpc) is 3.11. The molecule has 1 saturated heterocycles. The molecule has 1 N–H and O–H groups in total. The van der Waals surface area contributed by atoms with Crippen LogP contribution in [0.25, 0.3) is 0 Å². The van der Waals surface area contributed by atoms with Gasteiger partial charge in [-0.1, -0.05) is 24.6 Å². The van der Waals surface area contributed by atoms with E-state index in [9.17, 15) is 8.42 Å². The van der Waals surface area contributed by atoms with E-state index in [0.717, 1.165) is 31.7 Å². The first-order valence-corrected chi connectivity index (χ1v) is 9.47. The number of hydrogen-bond acceptors (Lipinski definition) is 4. The third kappa shape index (κ3) is 4.02. The van der Waals surface area contributed by atoms with Crippen LogP contribution in [0, 0.1) is 0 Å². The van der Waals surface area contributed by atoms with Crippen LogP contribution in [0.1, 0.15) is 31.1 Å². The summed E-state index contributed by atoms with van der Waals surface area (Å²) >= 11 is 0. The number of likely N-dealkylation sites (tertiary alicyclic amines) is 1. The van der Waals surface area contributed by atoms with Crippen molar-refractivity contribution in [3.05, 3.63) is 54.5 Å². The number of rotatable bonds is 6. The molecule has 0 aliphatic carbocycles. The Morgan fingerprint density at radius 3 is 2.43 bits per heavy atom. The summed E-state index contributed by atoms with van der Waals surface area (Å²) in [4.78, 5) is 2.59. The van der Waals surface area contributed by atoms with Crippen LogP contribution < -0.4 is 4.72 Å². The molecule has 1 fully saturated rings. The van der Waals surface area contributed by atoms with Crippen LogP contribution in [-0.2, 0) is 10.0 Å². The molecule has 3 rings (SSSR count). The highest BCUT2D eigenvalue weighted by Gasteiger charge is 2.26. The largest absolute Gasteiger partial charge is 0.468 e. The van der Waals surface area contributed by atoms with E-state index in [-0.39, 0.29) is 10.9 Å². The predicted octanol–water partition coefficient (Wildman–Crippen LogP) is 2.79. The first-order chi connectivity index (χ1) is 11.2. The number of furan rings is 1. The maximum atomic E-state index is 12.4. The van der Waals surface area contributed by atoms with E-state index >= 15 is 0 Å². The molecule has 0 radical (unpaired) electrons. The van der Waals surface area contributed by atoms with Gasteiger partial charge in [0.2, 0.25) is 10.0 Å². The van der Waals surface area contributed by atoms with Crippen molar-refractivity contribution in [1.29, 1.82) is 0 Å². The number of nitrogens with one attached hydrogen (secondary N) is 1. The van der Waals surface area contributed by atoms with Crippen LogP contribution >= 0.6 is 0 Å². The van der Waals surface area contributed by atoms with Gasteiger partial charge >= 0.3 is 0 Å². The molecule has 0 bridgehead atoms. The van der Waals surface area contributed by atoms with Crippen LogP contribution in [0.5, 0.6) is 0 Å². The molecule has 1 aromatic heterocycles. The zero-order chi connectivity index (χ0) is 16.1. The van der Waals surface area contributed by atoms with E-state index in [1.165, 1.54) is 6.42 Å². The monoisotopic (exact) mass is 334 g/mol. The molecular weight excluding hydrogens is 312 g/mol. The molecule has 1 atom stereocenters. The lowest BCUT2D eigenvalue weighted by Crippen LogP contribution is -2.40. The second kappa shape index (κ2) is 7.29. The van der Waals surface area contributed by atoms with Crippen molar-refractivity contribution >= 4 is 10.0 Å². The summed E-state index contributed by atoms with van der Waals surface area (Å²) in [6.45, 7) is 2.25. The van der Waals surface area contributed by atoms with E-state index in [4.69, 9.17) is 4.42 Å². The predicted molar refractivity (Wildman–Crippen MR) is 88.5 cm³/mol. The molecule has 0 unspecified atom stereocenters. The minimum Gasteiger partial charge on any atom is -0.468 e. The van der Waals surface area contributed by atoms with Crippen molar-refractivity contribution < 1.29 is 12.8 Å². The van der Waals surface area contributed by atoms with Gasteiger partial charge in [0, 0.05) is 6.54 Å². The average molecular weight is 334 g/mol. The van der Waals surface area contributed by atoms with Gasteiger partial charge in [-0.3, -0.25) is 4.90 Å². The Hall–Kier alpha value is -1.63. The van der Waals surface area contributed by atoms with Gasteiger partial charge in [0.25, 0.3) is 0 Å². The van der Waals surface area contributed by atoms with E-state index in [2.05, 4.69) is 9.62 Å². The van der Waals surface area contributed by atoms with Gasteiger partial charge in [-0.25, -0.2) is 13.1 Å². The number of nitrogens with zero attached hydrogens (tertiary/aromatic N) is 1. The lowest BCUT2D eigenvalue weighted by Gasteiger charge is -2.33. The fourth-order valence-electron chi connectivity index (χ4n) is 2.99. The Labute approximate surface area is 137 Å². The molecule has 23 heavy (non-hydrogen) atoms. The molecule has 0 saturated carbocycles. The van der Waals surface area contributed by atoms with Crippen LogP contribution in [-0.4, -0.2) is 33.0 Å². The molecular formula is C17H22N2O3S. The molecule has 1 aliphatic heterocycles. The summed E-state index contributed by atoms with van der Waals surface area (Å²) in [5.41, 5.74) is 0. The van der Waals surface area contributed by atoms with Crippen molar-refractivity contribution in [2.45, 2.75) is 30.2 Å². The highest BCUT2D eigenvalue weighted by atomic mass is 32.2. The molecule has 1 aromatic carbocycles. The highest BCUT2D eigenvalue weighted by molar-refractivity contribution is 7.89. The van der Waals surface area contributed by atoms with Crippen LogP contribution in [0.3, 0.4) is 0 Å². The Morgan fingerprint density at radius 1 is 1.04 bits per heavy atom. The van der Waals surface area contributed by atoms with Gasteiger partial charge in [0.05, 0.1) is 17.2 Å². The molecule has 6 heteroatoms. The summed E-state index contributed by atoms with van der Waals surface area (Å²) in [6, 6.07) is 12.2. The molecule has 2 heterocycles. The lowest BCUT2D eigenvalue weighted by molar-refractivity contribution is 0.147. The van der Waals surface area contributed by atoms with Crippen LogP contribution in [0.15, 0.2) is 58.0 Å². The molecule has 0 spiro atoms. The topological polar surface area (TPSA) is 62.6 Å². The van der Waals surface area contributed by atoms with E-state index in [1.807, 2.05) is 12.1 Å². The Morgan fingerprint density at radius 2 is 1.78 bits per heavy atom. The van der Waals surface area contributed by atoms with Gasteiger partial charge in [-0.2, -0.15) is 0 Å². The fraction of sp³-hybridized carbons (Fsp3) is 0.412. The smallest absolute Gasteiger partial charge is 0.240 e. The second-order valence-corrected chi connectivity index (χ2v) is 7.56. The summed E-state index contributed by atoms with van der Waals surface area (Å²) in [7, 11) is -3.50. The van der Waals surface area contributed by atoms with Gasteiger partial charge in [0.1, 0.15) is 5.76 Å². The van der Waals surface area contributed by atoms with Gasteiger partial charge in [-0.15, -0.1) is 0 Å². The molecule has 5 nitrogen and oxygen atoms in total. The summed E-state index contributed by atoms with van der Waals surface area (Å²) in [5, 5.41) is 0. The van der Waals surface area contributed by atoms with Gasteiger partial charge < -0.3 is 4.42 Å². The number of benzene rings is 1. The fourth-order valence-corrected chi connectivity index (χ4v) is 4.05. The minimum absolute atomic E-state index is 0.0659. The molecule has 0 amide bonds. The Bertz CT molecular complexity index is 693. The van der Waals surface area contributed by atoms with E-state index in [1.54, 1.807) is 36.6 Å². The maximum absolute atomic E-state index is 12.4. The van der Waals surface area contributed by atoms with Crippen molar-refractivity contribution in [2.75, 3.05) is 19.6 Å². The third-order valence-electron chi connectivity index (χ3n) is 4.22. The van der Waals surface area contributed by atoms with Crippen LogP contribution in [0.2, 0.25) is 0 Å². The molecule has 1 aliphatic rings. The zero-order valence-corrected chi connectivity index (χ0v) is 13.8. The summed E-state index contributed by atoms with van der Waals surface area (Å²) < 4.78 is 33.1. The lowest BCUT2D eigenvalue weighted by atomic mass is 10.1. The van der Waals surface area contributed by atoms with E-state index in [0.29, 0.717) is 6.54 Å². The SMILES string of the molecule is O=S(=O)(NC[C@H](c1ccco1)N1CCCCC1)c1ccccc1. The normalized spacial score (nSPS) is 17.9.